The van der Waals surface area contributed by atoms with Crippen molar-refractivity contribution in [3.05, 3.63) is 60.7 Å². The Morgan fingerprint density at radius 3 is 1.68 bits per heavy atom. The van der Waals surface area contributed by atoms with Crippen LogP contribution in [-0.4, -0.2) is 18.9 Å². The Hall–Kier alpha value is -3.08. The highest BCUT2D eigenvalue weighted by Crippen LogP contribution is 2.27. The zero-order valence-corrected chi connectivity index (χ0v) is 11.9. The van der Waals surface area contributed by atoms with Crippen LogP contribution in [-0.2, 0) is 9.59 Å². The number of anilines is 1. The van der Waals surface area contributed by atoms with Gasteiger partial charge in [0.2, 0.25) is 0 Å². The summed E-state index contributed by atoms with van der Waals surface area (Å²) in [7, 11) is 1.60. The van der Waals surface area contributed by atoms with Gasteiger partial charge in [-0.25, -0.2) is 4.90 Å². The summed E-state index contributed by atoms with van der Waals surface area (Å²) in [5.74, 6) is 1.36. The summed E-state index contributed by atoms with van der Waals surface area (Å²) in [6, 6.07) is 13.9. The van der Waals surface area contributed by atoms with Crippen molar-refractivity contribution in [1.82, 2.24) is 0 Å². The molecule has 0 bridgehead atoms. The van der Waals surface area contributed by atoms with Gasteiger partial charge in [-0.3, -0.25) is 9.59 Å². The molecule has 2 aromatic rings. The fourth-order valence-corrected chi connectivity index (χ4v) is 2.10. The van der Waals surface area contributed by atoms with Crippen LogP contribution < -0.4 is 14.4 Å². The summed E-state index contributed by atoms with van der Waals surface area (Å²) in [5.41, 5.74) is 0.516. The topological polar surface area (TPSA) is 55.8 Å². The molecule has 0 spiro atoms. The van der Waals surface area contributed by atoms with E-state index in [2.05, 4.69) is 0 Å². The largest absolute Gasteiger partial charge is 0.497 e. The van der Waals surface area contributed by atoms with Crippen LogP contribution in [0.1, 0.15) is 0 Å². The van der Waals surface area contributed by atoms with Crippen molar-refractivity contribution in [2.24, 2.45) is 0 Å². The summed E-state index contributed by atoms with van der Waals surface area (Å²) >= 11 is 0. The molecule has 0 aliphatic carbocycles. The first-order valence-electron chi connectivity index (χ1n) is 6.65. The lowest BCUT2D eigenvalue weighted by atomic mass is 10.2. The van der Waals surface area contributed by atoms with E-state index < -0.39 is 0 Å². The fourth-order valence-electron chi connectivity index (χ4n) is 2.10. The quantitative estimate of drug-likeness (QED) is 0.814. The van der Waals surface area contributed by atoms with E-state index in [1.165, 1.54) is 12.2 Å². The molecule has 110 valence electrons. The number of methoxy groups -OCH3 is 1. The third-order valence-electron chi connectivity index (χ3n) is 3.20. The van der Waals surface area contributed by atoms with Gasteiger partial charge in [0.15, 0.2) is 0 Å². The smallest absolute Gasteiger partial charge is 0.258 e. The first-order chi connectivity index (χ1) is 10.7. The van der Waals surface area contributed by atoms with Crippen LogP contribution in [0, 0.1) is 0 Å². The number of carbonyl (C=O) groups is 2. The van der Waals surface area contributed by atoms with Crippen molar-refractivity contribution < 1.29 is 19.1 Å². The number of ether oxygens (including phenoxy) is 2. The van der Waals surface area contributed by atoms with Gasteiger partial charge in [-0.05, 0) is 48.5 Å². The van der Waals surface area contributed by atoms with Crippen LogP contribution >= 0.6 is 0 Å². The summed E-state index contributed by atoms with van der Waals surface area (Å²) in [6.45, 7) is 0. The molecule has 3 rings (SSSR count). The number of hydrogen-bond donors (Lipinski definition) is 0. The Morgan fingerprint density at radius 2 is 1.18 bits per heavy atom. The van der Waals surface area contributed by atoms with Crippen LogP contribution in [0.4, 0.5) is 5.69 Å². The van der Waals surface area contributed by atoms with Crippen LogP contribution in [0.3, 0.4) is 0 Å². The highest BCUT2D eigenvalue weighted by molar-refractivity contribution is 6.28. The molecular weight excluding hydrogens is 282 g/mol. The van der Waals surface area contributed by atoms with Gasteiger partial charge in [-0.2, -0.15) is 0 Å². The third kappa shape index (κ3) is 2.69. The van der Waals surface area contributed by atoms with E-state index in [0.29, 0.717) is 17.2 Å². The van der Waals surface area contributed by atoms with Crippen molar-refractivity contribution in [2.75, 3.05) is 12.0 Å². The lowest BCUT2D eigenvalue weighted by Gasteiger charge is -2.14. The second-order valence-corrected chi connectivity index (χ2v) is 4.62. The van der Waals surface area contributed by atoms with Crippen molar-refractivity contribution in [2.45, 2.75) is 0 Å². The second-order valence-electron chi connectivity index (χ2n) is 4.62. The third-order valence-corrected chi connectivity index (χ3v) is 3.20. The summed E-state index contributed by atoms with van der Waals surface area (Å²) in [6.07, 6.45) is 2.51. The Balaban J connectivity index is 1.74. The van der Waals surface area contributed by atoms with Crippen molar-refractivity contribution in [1.29, 1.82) is 0 Å². The Labute approximate surface area is 127 Å². The molecule has 1 aliphatic rings. The maximum absolute atomic E-state index is 11.6. The van der Waals surface area contributed by atoms with Gasteiger partial charge < -0.3 is 9.47 Å². The highest BCUT2D eigenvalue weighted by Gasteiger charge is 2.24. The van der Waals surface area contributed by atoms with Gasteiger partial charge in [0.1, 0.15) is 17.2 Å². The molecule has 2 aromatic carbocycles. The lowest BCUT2D eigenvalue weighted by Crippen LogP contribution is -2.29. The molecule has 1 aliphatic heterocycles. The number of imide groups is 1. The second kappa shape index (κ2) is 5.73. The lowest BCUT2D eigenvalue weighted by molar-refractivity contribution is -0.119. The SMILES string of the molecule is COc1ccc(Oc2ccc(N3C(=O)C=CC3=O)cc2)cc1. The Bertz CT molecular complexity index is 714. The number of benzene rings is 2. The van der Waals surface area contributed by atoms with E-state index in [1.54, 1.807) is 55.6 Å². The number of amides is 2. The zero-order valence-electron chi connectivity index (χ0n) is 11.9. The molecule has 22 heavy (non-hydrogen) atoms. The molecule has 0 radical (unpaired) electrons. The maximum Gasteiger partial charge on any atom is 0.258 e. The van der Waals surface area contributed by atoms with Gasteiger partial charge in [0.05, 0.1) is 12.8 Å². The Kier molecular flexibility index (Phi) is 3.62. The molecular formula is C17H13NO4. The average molecular weight is 295 g/mol. The van der Waals surface area contributed by atoms with E-state index >= 15 is 0 Å². The van der Waals surface area contributed by atoms with E-state index in [-0.39, 0.29) is 11.8 Å². The monoisotopic (exact) mass is 295 g/mol. The van der Waals surface area contributed by atoms with Gasteiger partial charge >= 0.3 is 0 Å². The number of hydrogen-bond acceptors (Lipinski definition) is 4. The predicted molar refractivity (Wildman–Crippen MR) is 81.1 cm³/mol. The predicted octanol–water partition coefficient (Wildman–Crippen LogP) is 2.92. The standard InChI is InChI=1S/C17H13NO4/c1-21-13-6-8-15(9-7-13)22-14-4-2-12(3-5-14)18-16(19)10-11-17(18)20/h2-11H,1H3. The number of carbonyl (C=O) groups excluding carboxylic acids is 2. The van der Waals surface area contributed by atoms with E-state index in [9.17, 15) is 9.59 Å². The summed E-state index contributed by atoms with van der Waals surface area (Å²) < 4.78 is 10.8. The minimum absolute atomic E-state index is 0.339. The molecule has 0 aromatic heterocycles. The van der Waals surface area contributed by atoms with Crippen molar-refractivity contribution in [3.63, 3.8) is 0 Å². The first kappa shape index (κ1) is 13.9. The van der Waals surface area contributed by atoms with E-state index in [1.807, 2.05) is 0 Å². The Morgan fingerprint density at radius 1 is 0.727 bits per heavy atom. The van der Waals surface area contributed by atoms with Crippen LogP contribution in [0.15, 0.2) is 60.7 Å². The van der Waals surface area contributed by atoms with Crippen molar-refractivity contribution >= 4 is 17.5 Å². The molecule has 1 heterocycles. The minimum atomic E-state index is -0.339. The molecule has 0 N–H and O–H groups in total. The van der Waals surface area contributed by atoms with Gasteiger partial charge in [-0.15, -0.1) is 0 Å². The molecule has 5 heteroatoms. The molecule has 5 nitrogen and oxygen atoms in total. The molecule has 2 amide bonds. The molecule has 0 unspecified atom stereocenters. The van der Waals surface area contributed by atoms with Gasteiger partial charge in [0, 0.05) is 12.2 Å². The van der Waals surface area contributed by atoms with Gasteiger partial charge in [0.25, 0.3) is 11.8 Å². The van der Waals surface area contributed by atoms with E-state index in [4.69, 9.17) is 9.47 Å². The highest BCUT2D eigenvalue weighted by atomic mass is 16.5. The number of nitrogens with zero attached hydrogens (tertiary/aromatic N) is 1. The normalized spacial score (nSPS) is 13.6. The van der Waals surface area contributed by atoms with Crippen LogP contribution in [0.2, 0.25) is 0 Å². The molecule has 0 fully saturated rings. The number of rotatable bonds is 4. The zero-order chi connectivity index (χ0) is 15.5. The average Bonchev–Trinajstić information content (AvgIpc) is 2.88. The molecule has 0 atom stereocenters. The molecule has 0 saturated carbocycles. The van der Waals surface area contributed by atoms with E-state index in [0.717, 1.165) is 10.6 Å². The summed E-state index contributed by atoms with van der Waals surface area (Å²) in [4.78, 5) is 24.3. The minimum Gasteiger partial charge on any atom is -0.497 e. The van der Waals surface area contributed by atoms with Crippen LogP contribution in [0.5, 0.6) is 17.2 Å². The van der Waals surface area contributed by atoms with Crippen LogP contribution in [0.25, 0.3) is 0 Å². The van der Waals surface area contributed by atoms with Gasteiger partial charge in [-0.1, -0.05) is 0 Å². The maximum atomic E-state index is 11.6. The molecule has 0 saturated heterocycles. The fraction of sp³-hybridized carbons (Fsp3) is 0.0588. The first-order valence-corrected chi connectivity index (χ1v) is 6.65. The van der Waals surface area contributed by atoms with Crippen molar-refractivity contribution in [3.8, 4) is 17.2 Å². The summed E-state index contributed by atoms with van der Waals surface area (Å²) in [5, 5.41) is 0.